The smallest absolute Gasteiger partial charge is 0.191 e. The molecule has 2 N–H and O–H groups in total. The average Bonchev–Trinajstić information content (AvgIpc) is 2.42. The van der Waals surface area contributed by atoms with E-state index in [1.54, 1.807) is 0 Å². The van der Waals surface area contributed by atoms with Crippen molar-refractivity contribution in [2.24, 2.45) is 4.99 Å². The third-order valence-electron chi connectivity index (χ3n) is 2.52. The zero-order valence-corrected chi connectivity index (χ0v) is 13.7. The first kappa shape index (κ1) is 18.6. The van der Waals surface area contributed by atoms with E-state index in [9.17, 15) is 0 Å². The van der Waals surface area contributed by atoms with Crippen LogP contribution in [0.25, 0.3) is 0 Å². The van der Waals surface area contributed by atoms with E-state index in [0.29, 0.717) is 0 Å². The maximum absolute atomic E-state index is 5.53. The monoisotopic (exact) mass is 289 g/mol. The van der Waals surface area contributed by atoms with E-state index in [0.717, 1.165) is 58.1 Å². The normalized spacial score (nSPS) is 11.6. The third-order valence-corrected chi connectivity index (χ3v) is 3.22. The first-order valence-corrected chi connectivity index (χ1v) is 8.83. The maximum atomic E-state index is 5.53. The van der Waals surface area contributed by atoms with Crippen LogP contribution in [0.5, 0.6) is 0 Å². The number of aliphatic imine (C=N–C) groups is 1. The van der Waals surface area contributed by atoms with Crippen molar-refractivity contribution in [2.75, 3.05) is 44.9 Å². The second kappa shape index (κ2) is 15.6. The van der Waals surface area contributed by atoms with Crippen LogP contribution in [0, 0.1) is 0 Å². The van der Waals surface area contributed by atoms with Crippen LogP contribution >= 0.6 is 11.8 Å². The standard InChI is InChI=1S/C14H31N3OS/c1-4-6-11-18-12-7-9-16-14(15-5-2)17-10-8-13-19-3/h4-13H2,1-3H3,(H2,15,16,17). The Labute approximate surface area is 123 Å². The molecule has 5 heteroatoms. The third kappa shape index (κ3) is 13.8. The number of nitrogens with one attached hydrogen (secondary N) is 2. The number of thioether (sulfide) groups is 1. The Kier molecular flexibility index (Phi) is 15.3. The molecule has 114 valence electrons. The Balaban J connectivity index is 3.58. The van der Waals surface area contributed by atoms with Gasteiger partial charge in [0.1, 0.15) is 0 Å². The number of hydrogen-bond acceptors (Lipinski definition) is 3. The lowest BCUT2D eigenvalue weighted by molar-refractivity contribution is 0.129. The SMILES string of the molecule is CCCCOCCCNC(=NCCCSC)NCC. The van der Waals surface area contributed by atoms with Crippen LogP contribution in [0.15, 0.2) is 4.99 Å². The van der Waals surface area contributed by atoms with Crippen LogP contribution in [-0.4, -0.2) is 50.8 Å². The van der Waals surface area contributed by atoms with E-state index in [4.69, 9.17) is 4.74 Å². The van der Waals surface area contributed by atoms with E-state index in [1.807, 2.05) is 11.8 Å². The zero-order valence-electron chi connectivity index (χ0n) is 12.8. The van der Waals surface area contributed by atoms with Crippen molar-refractivity contribution in [3.63, 3.8) is 0 Å². The first-order chi connectivity index (χ1) is 9.35. The molecule has 0 rings (SSSR count). The lowest BCUT2D eigenvalue weighted by Crippen LogP contribution is -2.38. The molecule has 0 aromatic heterocycles. The molecule has 0 fully saturated rings. The van der Waals surface area contributed by atoms with Crippen molar-refractivity contribution < 1.29 is 4.74 Å². The second-order valence-electron chi connectivity index (χ2n) is 4.35. The molecule has 0 aliphatic rings. The minimum atomic E-state index is 0.832. The number of hydrogen-bond donors (Lipinski definition) is 2. The predicted molar refractivity (Wildman–Crippen MR) is 87.3 cm³/mol. The summed E-state index contributed by atoms with van der Waals surface area (Å²) in [5.74, 6) is 2.10. The molecule has 0 aromatic carbocycles. The average molecular weight is 289 g/mol. The summed E-state index contributed by atoms with van der Waals surface area (Å²) in [6, 6.07) is 0. The van der Waals surface area contributed by atoms with Gasteiger partial charge in [-0.1, -0.05) is 13.3 Å². The largest absolute Gasteiger partial charge is 0.381 e. The molecule has 0 amide bonds. The predicted octanol–water partition coefficient (Wildman–Crippen LogP) is 2.50. The minimum absolute atomic E-state index is 0.832. The van der Waals surface area contributed by atoms with Gasteiger partial charge < -0.3 is 15.4 Å². The molecule has 19 heavy (non-hydrogen) atoms. The topological polar surface area (TPSA) is 45.6 Å². The quantitative estimate of drug-likeness (QED) is 0.329. The van der Waals surface area contributed by atoms with Gasteiger partial charge in [-0.3, -0.25) is 4.99 Å². The van der Waals surface area contributed by atoms with E-state index < -0.39 is 0 Å². The molecule has 0 aromatic rings. The van der Waals surface area contributed by atoms with Crippen molar-refractivity contribution in [1.82, 2.24) is 10.6 Å². The van der Waals surface area contributed by atoms with E-state index in [2.05, 4.69) is 35.7 Å². The van der Waals surface area contributed by atoms with E-state index in [1.165, 1.54) is 12.2 Å². The van der Waals surface area contributed by atoms with Gasteiger partial charge in [0.05, 0.1) is 0 Å². The van der Waals surface area contributed by atoms with Gasteiger partial charge in [-0.05, 0) is 38.2 Å². The number of nitrogens with zero attached hydrogens (tertiary/aromatic N) is 1. The number of ether oxygens (including phenoxy) is 1. The summed E-state index contributed by atoms with van der Waals surface area (Å²) in [7, 11) is 0. The van der Waals surface area contributed by atoms with Crippen LogP contribution in [0.1, 0.15) is 39.5 Å². The zero-order chi connectivity index (χ0) is 14.2. The van der Waals surface area contributed by atoms with Gasteiger partial charge in [0.2, 0.25) is 0 Å². The van der Waals surface area contributed by atoms with Crippen LogP contribution in [0.2, 0.25) is 0 Å². The number of unbranched alkanes of at least 4 members (excludes halogenated alkanes) is 1. The fourth-order valence-electron chi connectivity index (χ4n) is 1.47. The van der Waals surface area contributed by atoms with Gasteiger partial charge in [-0.2, -0.15) is 11.8 Å². The molecular formula is C14H31N3OS. The Hall–Kier alpha value is -0.420. The van der Waals surface area contributed by atoms with Gasteiger partial charge in [-0.15, -0.1) is 0 Å². The van der Waals surface area contributed by atoms with Crippen LogP contribution in [0.4, 0.5) is 0 Å². The minimum Gasteiger partial charge on any atom is -0.381 e. The van der Waals surface area contributed by atoms with Gasteiger partial charge in [0.25, 0.3) is 0 Å². The molecule has 4 nitrogen and oxygen atoms in total. The lowest BCUT2D eigenvalue weighted by Gasteiger charge is -2.11. The fourth-order valence-corrected chi connectivity index (χ4v) is 1.89. The van der Waals surface area contributed by atoms with Crippen molar-refractivity contribution >= 4 is 17.7 Å². The number of rotatable bonds is 12. The molecular weight excluding hydrogens is 258 g/mol. The second-order valence-corrected chi connectivity index (χ2v) is 5.34. The molecule has 0 aliphatic carbocycles. The molecule has 0 spiro atoms. The molecule has 0 heterocycles. The number of guanidine groups is 1. The molecule has 0 aliphatic heterocycles. The Morgan fingerprint density at radius 2 is 1.89 bits per heavy atom. The Bertz CT molecular complexity index is 213. The molecule has 0 saturated heterocycles. The molecule has 0 saturated carbocycles. The van der Waals surface area contributed by atoms with Crippen LogP contribution in [0.3, 0.4) is 0 Å². The lowest BCUT2D eigenvalue weighted by atomic mass is 10.4. The van der Waals surface area contributed by atoms with Gasteiger partial charge >= 0.3 is 0 Å². The Morgan fingerprint density at radius 3 is 2.58 bits per heavy atom. The van der Waals surface area contributed by atoms with E-state index in [-0.39, 0.29) is 0 Å². The molecule has 0 bridgehead atoms. The summed E-state index contributed by atoms with van der Waals surface area (Å²) in [6.07, 6.45) is 6.65. The summed E-state index contributed by atoms with van der Waals surface area (Å²) in [5.41, 5.74) is 0. The van der Waals surface area contributed by atoms with Crippen molar-refractivity contribution in [3.05, 3.63) is 0 Å². The molecule has 0 radical (unpaired) electrons. The summed E-state index contributed by atoms with van der Waals surface area (Å²) in [6.45, 7) is 8.71. The first-order valence-electron chi connectivity index (χ1n) is 7.44. The highest BCUT2D eigenvalue weighted by molar-refractivity contribution is 7.98. The van der Waals surface area contributed by atoms with Crippen molar-refractivity contribution in [2.45, 2.75) is 39.5 Å². The van der Waals surface area contributed by atoms with Gasteiger partial charge in [0.15, 0.2) is 5.96 Å². The maximum Gasteiger partial charge on any atom is 0.191 e. The van der Waals surface area contributed by atoms with E-state index >= 15 is 0 Å². The molecule has 0 atom stereocenters. The summed E-state index contributed by atoms with van der Waals surface area (Å²) < 4.78 is 5.53. The van der Waals surface area contributed by atoms with Gasteiger partial charge in [-0.25, -0.2) is 0 Å². The highest BCUT2D eigenvalue weighted by Crippen LogP contribution is 1.95. The summed E-state index contributed by atoms with van der Waals surface area (Å²) in [5, 5.41) is 6.60. The fraction of sp³-hybridized carbons (Fsp3) is 0.929. The highest BCUT2D eigenvalue weighted by atomic mass is 32.2. The highest BCUT2D eigenvalue weighted by Gasteiger charge is 1.96. The summed E-state index contributed by atoms with van der Waals surface area (Å²) in [4.78, 5) is 4.54. The molecule has 0 unspecified atom stereocenters. The van der Waals surface area contributed by atoms with Crippen molar-refractivity contribution in [3.8, 4) is 0 Å². The Morgan fingerprint density at radius 1 is 1.11 bits per heavy atom. The van der Waals surface area contributed by atoms with Crippen molar-refractivity contribution in [1.29, 1.82) is 0 Å². The van der Waals surface area contributed by atoms with Gasteiger partial charge in [0, 0.05) is 32.8 Å². The van der Waals surface area contributed by atoms with Crippen LogP contribution in [-0.2, 0) is 4.74 Å². The summed E-state index contributed by atoms with van der Waals surface area (Å²) >= 11 is 1.87. The van der Waals surface area contributed by atoms with Crippen LogP contribution < -0.4 is 10.6 Å².